The summed E-state index contributed by atoms with van der Waals surface area (Å²) in [5.74, 6) is 0.598. The molecule has 0 fully saturated rings. The summed E-state index contributed by atoms with van der Waals surface area (Å²) < 4.78 is 43.0. The van der Waals surface area contributed by atoms with Gasteiger partial charge in [-0.15, -0.1) is 0 Å². The second-order valence-corrected chi connectivity index (χ2v) is 14.0. The predicted molar refractivity (Wildman–Crippen MR) is 207 cm³/mol. The van der Waals surface area contributed by atoms with Crippen LogP contribution in [0.4, 0.5) is 0 Å². The summed E-state index contributed by atoms with van der Waals surface area (Å²) in [7, 11) is 3.12. The molecule has 2 aromatic carbocycles. The van der Waals surface area contributed by atoms with Crippen LogP contribution in [0.5, 0.6) is 0 Å². The van der Waals surface area contributed by atoms with Gasteiger partial charge < -0.3 is 48.5 Å². The standard InChI is InChI=1S/C38H56N2O12S2/c41-35(39-15-19-47-23-27-49-25-21-45-17-11-37(43)51-31-33-7-3-1-4-8-33)13-29-53-54-30-14-36(42)40-16-20-48-24-28-50-26-22-46-18-12-38(44)52-32-34-9-5-2-6-10-34/h1-10H,11-32H2,(H,39,41)(H,40,42). The lowest BCUT2D eigenvalue weighted by molar-refractivity contribution is -0.147. The summed E-state index contributed by atoms with van der Waals surface area (Å²) in [6.07, 6.45) is 1.15. The van der Waals surface area contributed by atoms with Gasteiger partial charge in [0.05, 0.1) is 92.1 Å². The van der Waals surface area contributed by atoms with Gasteiger partial charge in [0, 0.05) is 37.4 Å². The third kappa shape index (κ3) is 29.2. The molecule has 54 heavy (non-hydrogen) atoms. The fraction of sp³-hybridized carbons (Fsp3) is 0.579. The fourth-order valence-electron chi connectivity index (χ4n) is 4.10. The minimum Gasteiger partial charge on any atom is -0.461 e. The van der Waals surface area contributed by atoms with E-state index in [2.05, 4.69) is 10.6 Å². The molecule has 14 nitrogen and oxygen atoms in total. The SMILES string of the molecule is O=C(CCSSCCC(=O)NCCOCCOCCOCCC(=O)OCc1ccccc1)NCCOCCOCCOCCC(=O)OCc1ccccc1. The second kappa shape index (κ2) is 34.3. The second-order valence-electron chi connectivity index (χ2n) is 11.3. The molecular formula is C38H56N2O12S2. The van der Waals surface area contributed by atoms with Gasteiger partial charge in [0.15, 0.2) is 0 Å². The third-order valence-electron chi connectivity index (χ3n) is 6.92. The molecule has 2 aromatic rings. The summed E-state index contributed by atoms with van der Waals surface area (Å²) in [6.45, 7) is 5.83. The van der Waals surface area contributed by atoms with Crippen molar-refractivity contribution in [3.63, 3.8) is 0 Å². The van der Waals surface area contributed by atoms with Crippen LogP contribution in [-0.2, 0) is 70.3 Å². The maximum atomic E-state index is 12.0. The number of hydrogen-bond donors (Lipinski definition) is 2. The van der Waals surface area contributed by atoms with E-state index in [9.17, 15) is 19.2 Å². The molecule has 0 atom stereocenters. The number of esters is 2. The van der Waals surface area contributed by atoms with Gasteiger partial charge in [-0.2, -0.15) is 0 Å². The Morgan fingerprint density at radius 1 is 0.426 bits per heavy atom. The predicted octanol–water partition coefficient (Wildman–Crippen LogP) is 3.75. The van der Waals surface area contributed by atoms with E-state index < -0.39 is 0 Å². The lowest BCUT2D eigenvalue weighted by Crippen LogP contribution is -2.28. The Balaban J connectivity index is 1.22. The van der Waals surface area contributed by atoms with Crippen LogP contribution in [0.15, 0.2) is 60.7 Å². The zero-order chi connectivity index (χ0) is 38.6. The van der Waals surface area contributed by atoms with Crippen LogP contribution in [0.1, 0.15) is 36.8 Å². The van der Waals surface area contributed by atoms with E-state index in [-0.39, 0.29) is 63.0 Å². The third-order valence-corrected chi connectivity index (χ3v) is 9.33. The van der Waals surface area contributed by atoms with E-state index in [1.807, 2.05) is 60.7 Å². The molecule has 302 valence electrons. The number of amides is 2. The number of rotatable bonds is 35. The zero-order valence-corrected chi connectivity index (χ0v) is 32.7. The van der Waals surface area contributed by atoms with Crippen molar-refractivity contribution in [2.45, 2.75) is 38.9 Å². The molecule has 0 saturated carbocycles. The Labute approximate surface area is 326 Å². The molecule has 0 spiro atoms. The first-order valence-electron chi connectivity index (χ1n) is 18.2. The van der Waals surface area contributed by atoms with Crippen LogP contribution in [0.25, 0.3) is 0 Å². The van der Waals surface area contributed by atoms with Crippen molar-refractivity contribution in [2.24, 2.45) is 0 Å². The monoisotopic (exact) mass is 796 g/mol. The van der Waals surface area contributed by atoms with E-state index in [1.54, 1.807) is 21.6 Å². The minimum atomic E-state index is -0.303. The number of carbonyl (C=O) groups is 4. The average Bonchev–Trinajstić information content (AvgIpc) is 3.19. The van der Waals surface area contributed by atoms with E-state index >= 15 is 0 Å². The van der Waals surface area contributed by atoms with Crippen LogP contribution in [-0.4, -0.2) is 128 Å². The number of nitrogens with one attached hydrogen (secondary N) is 2. The van der Waals surface area contributed by atoms with Crippen molar-refractivity contribution >= 4 is 45.3 Å². The molecule has 0 aliphatic carbocycles. The number of benzene rings is 2. The molecule has 2 rings (SSSR count). The highest BCUT2D eigenvalue weighted by Crippen LogP contribution is 2.22. The van der Waals surface area contributed by atoms with Crippen LogP contribution in [0.2, 0.25) is 0 Å². The summed E-state index contributed by atoms with van der Waals surface area (Å²) in [5, 5.41) is 5.64. The lowest BCUT2D eigenvalue weighted by Gasteiger charge is -2.08. The van der Waals surface area contributed by atoms with E-state index in [1.165, 1.54) is 0 Å². The van der Waals surface area contributed by atoms with E-state index in [4.69, 9.17) is 37.9 Å². The van der Waals surface area contributed by atoms with Gasteiger partial charge in [-0.25, -0.2) is 0 Å². The molecule has 0 heterocycles. The first kappa shape index (κ1) is 46.9. The first-order valence-corrected chi connectivity index (χ1v) is 20.6. The molecule has 16 heteroatoms. The fourth-order valence-corrected chi connectivity index (χ4v) is 6.08. The van der Waals surface area contributed by atoms with Gasteiger partial charge in [0.1, 0.15) is 13.2 Å². The summed E-state index contributed by atoms with van der Waals surface area (Å²) in [5.41, 5.74) is 1.89. The Bertz CT molecular complexity index is 1150. The van der Waals surface area contributed by atoms with Gasteiger partial charge in [-0.1, -0.05) is 82.3 Å². The van der Waals surface area contributed by atoms with Gasteiger partial charge in [0.25, 0.3) is 0 Å². The Hall–Kier alpha value is -3.22. The summed E-state index contributed by atoms with van der Waals surface area (Å²) >= 11 is 0. The maximum absolute atomic E-state index is 12.0. The molecule has 0 aliphatic heterocycles. The van der Waals surface area contributed by atoms with E-state index in [0.29, 0.717) is 104 Å². The molecule has 0 aliphatic rings. The summed E-state index contributed by atoms with van der Waals surface area (Å²) in [6, 6.07) is 19.0. The number of hydrogen-bond acceptors (Lipinski definition) is 14. The lowest BCUT2D eigenvalue weighted by atomic mass is 10.2. The summed E-state index contributed by atoms with van der Waals surface area (Å²) in [4.78, 5) is 47.4. The minimum absolute atomic E-state index is 0.0468. The molecule has 0 unspecified atom stereocenters. The first-order chi connectivity index (χ1) is 26.5. The Kier molecular flexibility index (Phi) is 29.8. The Morgan fingerprint density at radius 3 is 1.13 bits per heavy atom. The van der Waals surface area contributed by atoms with Gasteiger partial charge in [-0.3, -0.25) is 19.2 Å². The van der Waals surface area contributed by atoms with Gasteiger partial charge in [-0.05, 0) is 11.1 Å². The highest BCUT2D eigenvalue weighted by molar-refractivity contribution is 8.76. The zero-order valence-electron chi connectivity index (χ0n) is 31.0. The normalized spacial score (nSPS) is 10.9. The van der Waals surface area contributed by atoms with Crippen molar-refractivity contribution in [1.82, 2.24) is 10.6 Å². The van der Waals surface area contributed by atoms with Crippen molar-refractivity contribution in [2.75, 3.05) is 104 Å². The average molecular weight is 797 g/mol. The molecule has 0 bridgehead atoms. The molecule has 0 saturated heterocycles. The van der Waals surface area contributed by atoms with Crippen LogP contribution < -0.4 is 10.6 Å². The van der Waals surface area contributed by atoms with Gasteiger partial charge in [0.2, 0.25) is 11.8 Å². The number of carbonyl (C=O) groups excluding carboxylic acids is 4. The van der Waals surface area contributed by atoms with Crippen molar-refractivity contribution < 1.29 is 57.1 Å². The maximum Gasteiger partial charge on any atom is 0.308 e. The van der Waals surface area contributed by atoms with Crippen molar-refractivity contribution in [3.05, 3.63) is 71.8 Å². The molecule has 0 radical (unpaired) electrons. The molecule has 2 amide bonds. The largest absolute Gasteiger partial charge is 0.461 e. The highest BCUT2D eigenvalue weighted by Gasteiger charge is 2.06. The van der Waals surface area contributed by atoms with Crippen LogP contribution >= 0.6 is 21.6 Å². The van der Waals surface area contributed by atoms with Crippen LogP contribution in [0, 0.1) is 0 Å². The van der Waals surface area contributed by atoms with E-state index in [0.717, 1.165) is 11.1 Å². The topological polar surface area (TPSA) is 166 Å². The molecule has 2 N–H and O–H groups in total. The van der Waals surface area contributed by atoms with Crippen molar-refractivity contribution in [1.29, 1.82) is 0 Å². The van der Waals surface area contributed by atoms with Crippen molar-refractivity contribution in [3.8, 4) is 0 Å². The smallest absolute Gasteiger partial charge is 0.308 e. The Morgan fingerprint density at radius 2 is 0.759 bits per heavy atom. The quantitative estimate of drug-likeness (QED) is 0.0589. The highest BCUT2D eigenvalue weighted by atomic mass is 33.1. The number of ether oxygens (including phenoxy) is 8. The van der Waals surface area contributed by atoms with Gasteiger partial charge >= 0.3 is 11.9 Å². The molecule has 0 aromatic heterocycles. The van der Waals surface area contributed by atoms with Crippen LogP contribution in [0.3, 0.4) is 0 Å². The molecular weight excluding hydrogens is 741 g/mol.